The molecule has 0 aromatic carbocycles. The molecule has 80 valence electrons. The topological polar surface area (TPSA) is 44.0 Å². The van der Waals surface area contributed by atoms with E-state index < -0.39 is 5.41 Å². The number of aliphatic hydroxyl groups is 1. The molecule has 0 aromatic rings. The lowest BCUT2D eigenvalue weighted by Crippen LogP contribution is -2.31. The summed E-state index contributed by atoms with van der Waals surface area (Å²) in [4.78, 5) is 0. The molecule has 2 nitrogen and oxygen atoms in total. The molecular weight excluding hydrogens is 174 g/mol. The van der Waals surface area contributed by atoms with Gasteiger partial charge in [0.1, 0.15) is 0 Å². The van der Waals surface area contributed by atoms with Gasteiger partial charge < -0.3 is 5.11 Å². The van der Waals surface area contributed by atoms with E-state index in [-0.39, 0.29) is 6.10 Å². The monoisotopic (exact) mass is 195 g/mol. The van der Waals surface area contributed by atoms with Crippen LogP contribution in [0.3, 0.4) is 0 Å². The van der Waals surface area contributed by atoms with Crippen LogP contribution in [-0.4, -0.2) is 11.2 Å². The number of unbranched alkanes of at least 4 members (excludes halogenated alkanes) is 2. The molecule has 0 radical (unpaired) electrons. The molecule has 14 heavy (non-hydrogen) atoms. The highest BCUT2D eigenvalue weighted by molar-refractivity contribution is 5.06. The molecule has 1 rings (SSSR count). The predicted molar refractivity (Wildman–Crippen MR) is 56.7 cm³/mol. The predicted octanol–water partition coefficient (Wildman–Crippen LogP) is 3.01. The maximum absolute atomic E-state index is 10.0. The number of nitriles is 1. The van der Waals surface area contributed by atoms with Gasteiger partial charge in [-0.2, -0.15) is 5.26 Å². The lowest BCUT2D eigenvalue weighted by atomic mass is 9.80. The van der Waals surface area contributed by atoms with E-state index in [2.05, 4.69) is 13.0 Å². The fraction of sp³-hybridized carbons (Fsp3) is 0.917. The normalized spacial score (nSPS) is 21.8. The minimum atomic E-state index is -0.395. The maximum atomic E-state index is 10.0. The van der Waals surface area contributed by atoms with Gasteiger partial charge in [0.05, 0.1) is 17.6 Å². The maximum Gasteiger partial charge on any atom is 0.0832 e. The van der Waals surface area contributed by atoms with Gasteiger partial charge in [-0.15, -0.1) is 0 Å². The van der Waals surface area contributed by atoms with Crippen molar-refractivity contribution in [2.75, 3.05) is 0 Å². The van der Waals surface area contributed by atoms with E-state index in [1.54, 1.807) is 0 Å². The van der Waals surface area contributed by atoms with Crippen LogP contribution in [0.25, 0.3) is 0 Å². The van der Waals surface area contributed by atoms with Gasteiger partial charge >= 0.3 is 0 Å². The third-order valence-electron chi connectivity index (χ3n) is 3.44. The van der Waals surface area contributed by atoms with Crippen molar-refractivity contribution in [3.05, 3.63) is 0 Å². The number of hydrogen-bond acceptors (Lipinski definition) is 2. The summed E-state index contributed by atoms with van der Waals surface area (Å²) in [5, 5.41) is 19.1. The molecule has 0 aromatic heterocycles. The first-order chi connectivity index (χ1) is 6.75. The van der Waals surface area contributed by atoms with E-state index in [0.717, 1.165) is 38.5 Å². The van der Waals surface area contributed by atoms with Crippen molar-refractivity contribution in [1.29, 1.82) is 5.26 Å². The average Bonchev–Trinajstić information content (AvgIpc) is 2.67. The van der Waals surface area contributed by atoms with Crippen molar-refractivity contribution < 1.29 is 5.11 Å². The Bertz CT molecular complexity index is 201. The van der Waals surface area contributed by atoms with E-state index in [1.165, 1.54) is 12.8 Å². The van der Waals surface area contributed by atoms with Gasteiger partial charge in [-0.25, -0.2) is 0 Å². The Morgan fingerprint density at radius 2 is 2.00 bits per heavy atom. The highest BCUT2D eigenvalue weighted by Gasteiger charge is 2.40. The largest absolute Gasteiger partial charge is 0.391 e. The molecule has 0 amide bonds. The van der Waals surface area contributed by atoms with Crippen molar-refractivity contribution >= 4 is 0 Å². The van der Waals surface area contributed by atoms with Crippen molar-refractivity contribution in [3.8, 4) is 6.07 Å². The highest BCUT2D eigenvalue weighted by Crippen LogP contribution is 2.41. The van der Waals surface area contributed by atoms with Crippen molar-refractivity contribution in [3.63, 3.8) is 0 Å². The van der Waals surface area contributed by atoms with Gasteiger partial charge in [0.2, 0.25) is 0 Å². The SMILES string of the molecule is CCCCCC(O)C1(C#N)CCCC1. The Kier molecular flexibility index (Phi) is 4.41. The fourth-order valence-corrected chi connectivity index (χ4v) is 2.39. The molecule has 0 aliphatic heterocycles. The molecule has 1 N–H and O–H groups in total. The molecule has 1 aliphatic rings. The van der Waals surface area contributed by atoms with E-state index >= 15 is 0 Å². The van der Waals surface area contributed by atoms with Gasteiger partial charge in [0, 0.05) is 0 Å². The minimum Gasteiger partial charge on any atom is -0.391 e. The van der Waals surface area contributed by atoms with Gasteiger partial charge in [-0.1, -0.05) is 39.0 Å². The Hall–Kier alpha value is -0.550. The number of hydrogen-bond donors (Lipinski definition) is 1. The summed E-state index contributed by atoms with van der Waals surface area (Å²) in [5.41, 5.74) is -0.395. The number of rotatable bonds is 5. The van der Waals surface area contributed by atoms with Crippen LogP contribution in [0.4, 0.5) is 0 Å². The van der Waals surface area contributed by atoms with Gasteiger partial charge in [-0.3, -0.25) is 0 Å². The summed E-state index contributed by atoms with van der Waals surface area (Å²) >= 11 is 0. The summed E-state index contributed by atoms with van der Waals surface area (Å²) in [5.74, 6) is 0. The molecule has 1 aliphatic carbocycles. The Labute approximate surface area is 86.9 Å². The third kappa shape index (κ3) is 2.48. The summed E-state index contributed by atoms with van der Waals surface area (Å²) in [7, 11) is 0. The second-order valence-corrected chi connectivity index (χ2v) is 4.49. The van der Waals surface area contributed by atoms with E-state index in [9.17, 15) is 5.11 Å². The summed E-state index contributed by atoms with van der Waals surface area (Å²) in [6.45, 7) is 2.15. The zero-order valence-electron chi connectivity index (χ0n) is 9.13. The number of aliphatic hydroxyl groups excluding tert-OH is 1. The zero-order valence-corrected chi connectivity index (χ0v) is 9.13. The molecule has 2 heteroatoms. The van der Waals surface area contributed by atoms with Crippen LogP contribution in [0.15, 0.2) is 0 Å². The average molecular weight is 195 g/mol. The number of nitrogens with zero attached hydrogens (tertiary/aromatic N) is 1. The van der Waals surface area contributed by atoms with E-state index in [0.29, 0.717) is 0 Å². The van der Waals surface area contributed by atoms with Crippen LogP contribution >= 0.6 is 0 Å². The summed E-state index contributed by atoms with van der Waals surface area (Å²) in [6.07, 6.45) is 7.83. The second kappa shape index (κ2) is 5.36. The first-order valence-electron chi connectivity index (χ1n) is 5.84. The van der Waals surface area contributed by atoms with Crippen LogP contribution in [0.1, 0.15) is 58.3 Å². The molecule has 1 atom stereocenters. The Morgan fingerprint density at radius 1 is 1.36 bits per heavy atom. The van der Waals surface area contributed by atoms with Crippen LogP contribution < -0.4 is 0 Å². The molecule has 0 spiro atoms. The fourth-order valence-electron chi connectivity index (χ4n) is 2.39. The zero-order chi connectivity index (χ0) is 10.4. The van der Waals surface area contributed by atoms with Gasteiger partial charge in [0.25, 0.3) is 0 Å². The Morgan fingerprint density at radius 3 is 2.50 bits per heavy atom. The van der Waals surface area contributed by atoms with Crippen LogP contribution in [-0.2, 0) is 0 Å². The van der Waals surface area contributed by atoms with Crippen LogP contribution in [0.2, 0.25) is 0 Å². The van der Waals surface area contributed by atoms with Crippen LogP contribution in [0, 0.1) is 16.7 Å². The molecule has 0 saturated heterocycles. The van der Waals surface area contributed by atoms with Crippen LogP contribution in [0.5, 0.6) is 0 Å². The van der Waals surface area contributed by atoms with Gasteiger partial charge in [-0.05, 0) is 19.3 Å². The lowest BCUT2D eigenvalue weighted by molar-refractivity contribution is 0.0577. The van der Waals surface area contributed by atoms with E-state index in [1.807, 2.05) is 0 Å². The second-order valence-electron chi connectivity index (χ2n) is 4.49. The molecule has 0 bridgehead atoms. The van der Waals surface area contributed by atoms with E-state index in [4.69, 9.17) is 5.26 Å². The molecular formula is C12H21NO. The quantitative estimate of drug-likeness (QED) is 0.685. The highest BCUT2D eigenvalue weighted by atomic mass is 16.3. The molecule has 1 unspecified atom stereocenters. The molecule has 0 heterocycles. The Balaban J connectivity index is 2.40. The summed E-state index contributed by atoms with van der Waals surface area (Å²) in [6, 6.07) is 2.35. The first-order valence-corrected chi connectivity index (χ1v) is 5.84. The summed E-state index contributed by atoms with van der Waals surface area (Å²) < 4.78 is 0. The molecule has 1 saturated carbocycles. The smallest absolute Gasteiger partial charge is 0.0832 e. The first kappa shape index (κ1) is 11.5. The lowest BCUT2D eigenvalue weighted by Gasteiger charge is -2.26. The minimum absolute atomic E-state index is 0.387. The van der Waals surface area contributed by atoms with Crippen molar-refractivity contribution in [2.45, 2.75) is 64.4 Å². The van der Waals surface area contributed by atoms with Crippen molar-refractivity contribution in [2.24, 2.45) is 5.41 Å². The van der Waals surface area contributed by atoms with Crippen molar-refractivity contribution in [1.82, 2.24) is 0 Å². The third-order valence-corrected chi connectivity index (χ3v) is 3.44. The van der Waals surface area contributed by atoms with Gasteiger partial charge in [0.15, 0.2) is 0 Å². The molecule has 1 fully saturated rings. The standard InChI is InChI=1S/C12H21NO/c1-2-3-4-7-11(14)12(10-13)8-5-6-9-12/h11,14H,2-9H2,1H3.